The highest BCUT2D eigenvalue weighted by atomic mass is 16.5. The summed E-state index contributed by atoms with van der Waals surface area (Å²) in [7, 11) is 1.64. The standard InChI is InChI=1S/C21H30N2O4/c1-27-18-7-4-5-16(13-18)14-21(10-8-19(25)22-21)11-9-20(26)23-12-3-2-6-17(23)15-24/h4-5,7,13,17,24H,2-3,6,8-12,14-15H2,1H3,(H,22,25)/t17-,21+/m1/s1. The van der Waals surface area contributed by atoms with Crippen LogP contribution in [0.15, 0.2) is 24.3 Å². The lowest BCUT2D eigenvalue weighted by Gasteiger charge is -2.36. The first kappa shape index (κ1) is 19.7. The van der Waals surface area contributed by atoms with Crippen LogP contribution in [0.5, 0.6) is 5.75 Å². The van der Waals surface area contributed by atoms with Gasteiger partial charge in [-0.05, 0) is 56.2 Å². The molecular formula is C21H30N2O4. The number of hydrogen-bond acceptors (Lipinski definition) is 4. The van der Waals surface area contributed by atoms with Crippen LogP contribution in [0.2, 0.25) is 0 Å². The number of nitrogens with zero attached hydrogens (tertiary/aromatic N) is 1. The third kappa shape index (κ3) is 4.80. The van der Waals surface area contributed by atoms with Gasteiger partial charge < -0.3 is 20.1 Å². The first-order chi connectivity index (χ1) is 13.0. The normalized spacial score (nSPS) is 25.3. The van der Waals surface area contributed by atoms with Crippen molar-refractivity contribution < 1.29 is 19.4 Å². The predicted molar refractivity (Wildman–Crippen MR) is 102 cm³/mol. The van der Waals surface area contributed by atoms with E-state index in [0.717, 1.165) is 43.5 Å². The van der Waals surface area contributed by atoms with Crippen LogP contribution in [0.25, 0.3) is 0 Å². The lowest BCUT2D eigenvalue weighted by molar-refractivity contribution is -0.136. The van der Waals surface area contributed by atoms with Crippen molar-refractivity contribution in [3.05, 3.63) is 29.8 Å². The molecule has 0 saturated carbocycles. The average Bonchev–Trinajstić information content (AvgIpc) is 3.06. The van der Waals surface area contributed by atoms with Gasteiger partial charge in [-0.3, -0.25) is 9.59 Å². The Morgan fingerprint density at radius 3 is 2.96 bits per heavy atom. The monoisotopic (exact) mass is 374 g/mol. The van der Waals surface area contributed by atoms with E-state index in [1.54, 1.807) is 7.11 Å². The van der Waals surface area contributed by atoms with Crippen LogP contribution in [0.3, 0.4) is 0 Å². The molecule has 2 atom stereocenters. The minimum atomic E-state index is -0.385. The number of ether oxygens (including phenoxy) is 1. The summed E-state index contributed by atoms with van der Waals surface area (Å²) in [4.78, 5) is 26.6. The molecule has 3 rings (SSSR count). The second-order valence-corrected chi connectivity index (χ2v) is 7.78. The highest BCUT2D eigenvalue weighted by Crippen LogP contribution is 2.31. The molecule has 148 valence electrons. The highest BCUT2D eigenvalue weighted by molar-refractivity contribution is 5.80. The lowest BCUT2D eigenvalue weighted by atomic mass is 9.84. The number of nitrogens with one attached hydrogen (secondary N) is 1. The summed E-state index contributed by atoms with van der Waals surface area (Å²) in [6.45, 7) is 0.747. The number of amides is 2. The van der Waals surface area contributed by atoms with Crippen molar-refractivity contribution in [3.63, 3.8) is 0 Å². The van der Waals surface area contributed by atoms with Crippen molar-refractivity contribution in [2.45, 2.75) is 62.9 Å². The average molecular weight is 374 g/mol. The summed E-state index contributed by atoms with van der Waals surface area (Å²) in [5, 5.41) is 12.7. The van der Waals surface area contributed by atoms with Gasteiger partial charge in [0, 0.05) is 24.9 Å². The molecule has 0 aromatic heterocycles. The van der Waals surface area contributed by atoms with Crippen molar-refractivity contribution in [2.75, 3.05) is 20.3 Å². The fourth-order valence-corrected chi connectivity index (χ4v) is 4.36. The number of rotatable bonds is 7. The van der Waals surface area contributed by atoms with E-state index in [2.05, 4.69) is 5.32 Å². The zero-order valence-corrected chi connectivity index (χ0v) is 16.1. The van der Waals surface area contributed by atoms with E-state index in [9.17, 15) is 14.7 Å². The van der Waals surface area contributed by atoms with Crippen molar-refractivity contribution in [1.82, 2.24) is 10.2 Å². The van der Waals surface area contributed by atoms with Gasteiger partial charge in [-0.15, -0.1) is 0 Å². The molecule has 6 heteroatoms. The smallest absolute Gasteiger partial charge is 0.222 e. The molecular weight excluding hydrogens is 344 g/mol. The topological polar surface area (TPSA) is 78.9 Å². The number of benzene rings is 1. The summed E-state index contributed by atoms with van der Waals surface area (Å²) < 4.78 is 5.30. The van der Waals surface area contributed by atoms with E-state index in [0.29, 0.717) is 25.7 Å². The molecule has 0 bridgehead atoms. The van der Waals surface area contributed by atoms with Gasteiger partial charge in [0.05, 0.1) is 19.8 Å². The number of carbonyl (C=O) groups is 2. The number of hydrogen-bond donors (Lipinski definition) is 2. The van der Waals surface area contributed by atoms with Crippen LogP contribution >= 0.6 is 0 Å². The van der Waals surface area contributed by atoms with Crippen LogP contribution in [0.4, 0.5) is 0 Å². The van der Waals surface area contributed by atoms with Crippen LogP contribution in [0.1, 0.15) is 50.5 Å². The molecule has 0 aliphatic carbocycles. The molecule has 6 nitrogen and oxygen atoms in total. The zero-order valence-electron chi connectivity index (χ0n) is 16.1. The molecule has 2 N–H and O–H groups in total. The number of piperidine rings is 1. The van der Waals surface area contributed by atoms with Gasteiger partial charge in [0.25, 0.3) is 0 Å². The van der Waals surface area contributed by atoms with Crippen molar-refractivity contribution in [3.8, 4) is 5.75 Å². The Labute approximate surface area is 160 Å². The summed E-state index contributed by atoms with van der Waals surface area (Å²) in [6, 6.07) is 7.81. The maximum Gasteiger partial charge on any atom is 0.222 e. The molecule has 0 spiro atoms. The van der Waals surface area contributed by atoms with Gasteiger partial charge in [0.15, 0.2) is 0 Å². The van der Waals surface area contributed by atoms with Gasteiger partial charge in [-0.2, -0.15) is 0 Å². The zero-order chi connectivity index (χ0) is 19.3. The summed E-state index contributed by atoms with van der Waals surface area (Å²) in [5.74, 6) is 0.929. The summed E-state index contributed by atoms with van der Waals surface area (Å²) >= 11 is 0. The Kier molecular flexibility index (Phi) is 6.37. The number of aliphatic hydroxyl groups excluding tert-OH is 1. The molecule has 27 heavy (non-hydrogen) atoms. The van der Waals surface area contributed by atoms with E-state index in [4.69, 9.17) is 4.74 Å². The maximum absolute atomic E-state index is 12.8. The van der Waals surface area contributed by atoms with Gasteiger partial charge in [-0.25, -0.2) is 0 Å². The van der Waals surface area contributed by atoms with Crippen LogP contribution < -0.4 is 10.1 Å². The Morgan fingerprint density at radius 1 is 1.41 bits per heavy atom. The Bertz CT molecular complexity index is 678. The third-order valence-electron chi connectivity index (χ3n) is 5.89. The minimum Gasteiger partial charge on any atom is -0.497 e. The number of aliphatic hydroxyl groups is 1. The van der Waals surface area contributed by atoms with Crippen molar-refractivity contribution in [2.24, 2.45) is 0 Å². The fourth-order valence-electron chi connectivity index (χ4n) is 4.36. The first-order valence-corrected chi connectivity index (χ1v) is 9.89. The molecule has 2 aliphatic rings. The summed E-state index contributed by atoms with van der Waals surface area (Å²) in [5.41, 5.74) is 0.707. The molecule has 0 radical (unpaired) electrons. The fraction of sp³-hybridized carbons (Fsp3) is 0.619. The number of likely N-dealkylation sites (tertiary alicyclic amines) is 1. The van der Waals surface area contributed by atoms with E-state index < -0.39 is 0 Å². The van der Waals surface area contributed by atoms with Crippen molar-refractivity contribution in [1.29, 1.82) is 0 Å². The van der Waals surface area contributed by atoms with E-state index >= 15 is 0 Å². The van der Waals surface area contributed by atoms with E-state index in [1.165, 1.54) is 0 Å². The van der Waals surface area contributed by atoms with Crippen LogP contribution in [0, 0.1) is 0 Å². The number of carbonyl (C=O) groups excluding carboxylic acids is 2. The number of methoxy groups -OCH3 is 1. The molecule has 1 aromatic rings. The van der Waals surface area contributed by atoms with Gasteiger partial charge in [0.2, 0.25) is 11.8 Å². The Morgan fingerprint density at radius 2 is 2.26 bits per heavy atom. The molecule has 2 aliphatic heterocycles. The van der Waals surface area contributed by atoms with Crippen LogP contribution in [-0.4, -0.2) is 53.7 Å². The molecule has 2 fully saturated rings. The maximum atomic E-state index is 12.8. The lowest BCUT2D eigenvalue weighted by Crippen LogP contribution is -2.48. The molecule has 2 amide bonds. The van der Waals surface area contributed by atoms with Crippen LogP contribution in [-0.2, 0) is 16.0 Å². The minimum absolute atomic E-state index is 0.0252. The first-order valence-electron chi connectivity index (χ1n) is 9.89. The highest BCUT2D eigenvalue weighted by Gasteiger charge is 2.38. The second kappa shape index (κ2) is 8.74. The summed E-state index contributed by atoms with van der Waals surface area (Å²) in [6.07, 6.45) is 5.85. The largest absolute Gasteiger partial charge is 0.497 e. The van der Waals surface area contributed by atoms with Gasteiger partial charge in [0.1, 0.15) is 5.75 Å². The molecule has 2 heterocycles. The Balaban J connectivity index is 1.67. The molecule has 2 saturated heterocycles. The second-order valence-electron chi connectivity index (χ2n) is 7.78. The van der Waals surface area contributed by atoms with Gasteiger partial charge in [-0.1, -0.05) is 12.1 Å². The molecule has 1 aromatic carbocycles. The van der Waals surface area contributed by atoms with E-state index in [1.807, 2.05) is 29.2 Å². The van der Waals surface area contributed by atoms with Gasteiger partial charge >= 0.3 is 0 Å². The van der Waals surface area contributed by atoms with Crippen molar-refractivity contribution >= 4 is 11.8 Å². The Hall–Kier alpha value is -2.08. The molecule has 0 unspecified atom stereocenters. The van der Waals surface area contributed by atoms with E-state index in [-0.39, 0.29) is 30.0 Å². The SMILES string of the molecule is COc1cccc(C[C@@]2(CCC(=O)N3CCCC[C@@H]3CO)CCC(=O)N2)c1. The predicted octanol–water partition coefficient (Wildman–Crippen LogP) is 2.04. The quantitative estimate of drug-likeness (QED) is 0.766. The third-order valence-corrected chi connectivity index (χ3v) is 5.89.